The summed E-state index contributed by atoms with van der Waals surface area (Å²) in [6.07, 6.45) is -6.19. The molecule has 0 saturated carbocycles. The SMILES string of the molecule is O=C(O)C1CN(S(=O)(=O)c2cccc(C(F)(F)F)c2)c2ccccc2O1. The van der Waals surface area contributed by atoms with E-state index < -0.39 is 45.3 Å². The fourth-order valence-corrected chi connectivity index (χ4v) is 4.04. The van der Waals surface area contributed by atoms with E-state index in [1.54, 1.807) is 0 Å². The monoisotopic (exact) mass is 387 g/mol. The maximum absolute atomic E-state index is 12.9. The normalized spacial score (nSPS) is 17.3. The van der Waals surface area contributed by atoms with Gasteiger partial charge in [0.05, 0.1) is 22.7 Å². The number of hydrogen-bond acceptors (Lipinski definition) is 4. The summed E-state index contributed by atoms with van der Waals surface area (Å²) in [5, 5.41) is 9.17. The molecule has 26 heavy (non-hydrogen) atoms. The van der Waals surface area contributed by atoms with Crippen molar-refractivity contribution in [1.82, 2.24) is 0 Å². The van der Waals surface area contributed by atoms with Gasteiger partial charge in [0.15, 0.2) is 0 Å². The van der Waals surface area contributed by atoms with Crippen molar-refractivity contribution in [3.8, 4) is 5.75 Å². The van der Waals surface area contributed by atoms with E-state index in [9.17, 15) is 31.5 Å². The Bertz CT molecular complexity index is 958. The maximum atomic E-state index is 12.9. The van der Waals surface area contributed by atoms with Gasteiger partial charge in [-0.3, -0.25) is 4.31 Å². The van der Waals surface area contributed by atoms with Crippen LogP contribution in [0.5, 0.6) is 5.75 Å². The van der Waals surface area contributed by atoms with Crippen molar-refractivity contribution in [3.05, 3.63) is 54.1 Å². The summed E-state index contributed by atoms with van der Waals surface area (Å²) in [4.78, 5) is 10.7. The number of para-hydroxylation sites is 2. The Balaban J connectivity index is 2.11. The number of aliphatic carboxylic acids is 1. The molecule has 0 aliphatic carbocycles. The molecule has 1 aliphatic rings. The number of rotatable bonds is 3. The van der Waals surface area contributed by atoms with Gasteiger partial charge in [-0.05, 0) is 30.3 Å². The molecule has 0 bridgehead atoms. The van der Waals surface area contributed by atoms with Crippen molar-refractivity contribution >= 4 is 21.7 Å². The lowest BCUT2D eigenvalue weighted by molar-refractivity contribution is -0.144. The third-order valence-electron chi connectivity index (χ3n) is 3.76. The molecule has 138 valence electrons. The van der Waals surface area contributed by atoms with Crippen LogP contribution in [-0.4, -0.2) is 32.1 Å². The molecule has 1 heterocycles. The molecule has 10 heteroatoms. The molecule has 2 aromatic carbocycles. The number of nitrogens with zero attached hydrogens (tertiary/aromatic N) is 1. The van der Waals surface area contributed by atoms with Crippen molar-refractivity contribution in [2.75, 3.05) is 10.8 Å². The molecule has 1 aliphatic heterocycles. The number of carbonyl (C=O) groups is 1. The zero-order valence-corrected chi connectivity index (χ0v) is 13.8. The van der Waals surface area contributed by atoms with Crippen molar-refractivity contribution in [3.63, 3.8) is 0 Å². The number of halogens is 3. The highest BCUT2D eigenvalue weighted by molar-refractivity contribution is 7.92. The second kappa shape index (κ2) is 6.20. The Labute approximate surface area is 146 Å². The summed E-state index contributed by atoms with van der Waals surface area (Å²) in [6.45, 7) is -0.565. The highest BCUT2D eigenvalue weighted by Gasteiger charge is 2.38. The first-order valence-corrected chi connectivity index (χ1v) is 8.73. The average molecular weight is 387 g/mol. The zero-order chi connectivity index (χ0) is 19.1. The van der Waals surface area contributed by atoms with E-state index in [-0.39, 0.29) is 11.4 Å². The minimum absolute atomic E-state index is 0.0155. The van der Waals surface area contributed by atoms with Crippen molar-refractivity contribution in [2.45, 2.75) is 17.2 Å². The van der Waals surface area contributed by atoms with E-state index in [0.717, 1.165) is 22.5 Å². The summed E-state index contributed by atoms with van der Waals surface area (Å²) in [7, 11) is -4.43. The molecular weight excluding hydrogens is 375 g/mol. The van der Waals surface area contributed by atoms with Gasteiger partial charge < -0.3 is 9.84 Å². The lowest BCUT2D eigenvalue weighted by Crippen LogP contribution is -2.47. The van der Waals surface area contributed by atoms with Crippen LogP contribution in [0, 0.1) is 0 Å². The third kappa shape index (κ3) is 3.19. The highest BCUT2D eigenvalue weighted by Crippen LogP contribution is 2.38. The Morgan fingerprint density at radius 3 is 2.50 bits per heavy atom. The number of anilines is 1. The fourth-order valence-electron chi connectivity index (χ4n) is 2.52. The van der Waals surface area contributed by atoms with Crippen LogP contribution in [0.2, 0.25) is 0 Å². The van der Waals surface area contributed by atoms with Crippen LogP contribution < -0.4 is 9.04 Å². The molecule has 1 N–H and O–H groups in total. The second-order valence-corrected chi connectivity index (χ2v) is 7.34. The first-order chi connectivity index (χ1) is 12.1. The summed E-state index contributed by atoms with van der Waals surface area (Å²) in [5.41, 5.74) is -1.06. The number of fused-ring (bicyclic) bond motifs is 1. The molecule has 1 atom stereocenters. The summed E-state index contributed by atoms with van der Waals surface area (Å²) in [5.74, 6) is -1.37. The number of ether oxygens (including phenoxy) is 1. The van der Waals surface area contributed by atoms with E-state index in [1.807, 2.05) is 0 Å². The summed E-state index contributed by atoms with van der Waals surface area (Å²) >= 11 is 0. The van der Waals surface area contributed by atoms with Gasteiger partial charge >= 0.3 is 12.1 Å². The molecule has 2 aromatic rings. The first-order valence-electron chi connectivity index (χ1n) is 7.29. The Hall–Kier alpha value is -2.75. The highest BCUT2D eigenvalue weighted by atomic mass is 32.2. The van der Waals surface area contributed by atoms with E-state index in [1.165, 1.54) is 24.3 Å². The van der Waals surface area contributed by atoms with Gasteiger partial charge in [-0.15, -0.1) is 0 Å². The van der Waals surface area contributed by atoms with Crippen LogP contribution >= 0.6 is 0 Å². The molecule has 0 spiro atoms. The van der Waals surface area contributed by atoms with Gasteiger partial charge in [0.2, 0.25) is 6.10 Å². The van der Waals surface area contributed by atoms with Crippen molar-refractivity contribution in [2.24, 2.45) is 0 Å². The van der Waals surface area contributed by atoms with Crippen LogP contribution in [-0.2, 0) is 21.0 Å². The smallest absolute Gasteiger partial charge is 0.416 e. The zero-order valence-electron chi connectivity index (χ0n) is 13.0. The number of alkyl halides is 3. The molecule has 0 amide bonds. The predicted molar refractivity (Wildman–Crippen MR) is 84.5 cm³/mol. The number of hydrogen-bond donors (Lipinski definition) is 1. The Morgan fingerprint density at radius 1 is 1.15 bits per heavy atom. The molecule has 0 saturated heterocycles. The molecular formula is C16H12F3NO5S. The topological polar surface area (TPSA) is 83.9 Å². The van der Waals surface area contributed by atoms with E-state index >= 15 is 0 Å². The average Bonchev–Trinajstić information content (AvgIpc) is 2.60. The van der Waals surface area contributed by atoms with Gasteiger partial charge in [-0.2, -0.15) is 13.2 Å². The number of benzene rings is 2. The maximum Gasteiger partial charge on any atom is 0.416 e. The predicted octanol–water partition coefficient (Wildman–Crippen LogP) is 2.75. The second-order valence-electron chi connectivity index (χ2n) is 5.47. The standard InChI is InChI=1S/C16H12F3NO5S/c17-16(18,19)10-4-3-5-11(8-10)26(23,24)20-9-14(15(21)22)25-13-7-2-1-6-12(13)20/h1-8,14H,9H2,(H,21,22). The Morgan fingerprint density at radius 2 is 1.85 bits per heavy atom. The lowest BCUT2D eigenvalue weighted by Gasteiger charge is -2.33. The third-order valence-corrected chi connectivity index (χ3v) is 5.54. The van der Waals surface area contributed by atoms with Crippen LogP contribution in [0.4, 0.5) is 18.9 Å². The van der Waals surface area contributed by atoms with Gasteiger partial charge in [0, 0.05) is 0 Å². The largest absolute Gasteiger partial charge is 0.478 e. The molecule has 0 radical (unpaired) electrons. The quantitative estimate of drug-likeness (QED) is 0.876. The summed E-state index contributed by atoms with van der Waals surface area (Å²) in [6, 6.07) is 9.10. The Kier molecular flexibility index (Phi) is 4.31. The van der Waals surface area contributed by atoms with Crippen molar-refractivity contribution < 1.29 is 36.2 Å². The molecule has 3 rings (SSSR count). The van der Waals surface area contributed by atoms with Gasteiger partial charge in [0.25, 0.3) is 10.0 Å². The molecule has 0 aromatic heterocycles. The van der Waals surface area contributed by atoms with Crippen LogP contribution in [0.15, 0.2) is 53.4 Å². The number of carboxylic acid groups (broad SMARTS) is 1. The van der Waals surface area contributed by atoms with Crippen LogP contribution in [0.25, 0.3) is 0 Å². The molecule has 0 fully saturated rings. The lowest BCUT2D eigenvalue weighted by atomic mass is 10.2. The van der Waals surface area contributed by atoms with Crippen molar-refractivity contribution in [1.29, 1.82) is 0 Å². The fraction of sp³-hybridized carbons (Fsp3) is 0.188. The van der Waals surface area contributed by atoms with Gasteiger partial charge in [-0.25, -0.2) is 13.2 Å². The van der Waals surface area contributed by atoms with Crippen LogP contribution in [0.3, 0.4) is 0 Å². The van der Waals surface area contributed by atoms with E-state index in [0.29, 0.717) is 6.07 Å². The summed E-state index contributed by atoms with van der Waals surface area (Å²) < 4.78 is 70.5. The number of carboxylic acids is 1. The van der Waals surface area contributed by atoms with Crippen LogP contribution in [0.1, 0.15) is 5.56 Å². The van der Waals surface area contributed by atoms with Gasteiger partial charge in [-0.1, -0.05) is 18.2 Å². The molecule has 6 nitrogen and oxygen atoms in total. The van der Waals surface area contributed by atoms with Gasteiger partial charge in [0.1, 0.15) is 5.75 Å². The minimum atomic E-state index is -4.71. The number of sulfonamides is 1. The molecule has 1 unspecified atom stereocenters. The van der Waals surface area contributed by atoms with E-state index in [4.69, 9.17) is 4.74 Å². The van der Waals surface area contributed by atoms with E-state index in [2.05, 4.69) is 0 Å². The minimum Gasteiger partial charge on any atom is -0.478 e. The first kappa shape index (κ1) is 18.1.